The summed E-state index contributed by atoms with van der Waals surface area (Å²) in [4.78, 5) is 39.1. The number of hydrogen-bond donors (Lipinski definition) is 2. The standard InChI is InChI=1S/C21H28N4O6S/c1-15-5-2-3-8-21(15)19(27)25(20(28)23-21)14-18(26)22-16-6-4-7-17(13-16)32(29,30)24-9-11-31-12-10-24/h4,6-7,13,15H,2-3,5,8-12,14H2,1H3,(H,22,26)(H,23,28)/t15-,21+/m1/s1. The van der Waals surface area contributed by atoms with Gasteiger partial charge in [-0.1, -0.05) is 25.8 Å². The SMILES string of the molecule is C[C@@H]1CCCC[C@]12NC(=O)N(CC(=O)Nc1cccc(S(=O)(=O)N3CCOCC3)c1)C2=O. The molecule has 0 bridgehead atoms. The Morgan fingerprint density at radius 2 is 2.00 bits per heavy atom. The Hall–Kier alpha value is -2.50. The highest BCUT2D eigenvalue weighted by Crippen LogP contribution is 2.38. The Morgan fingerprint density at radius 3 is 2.72 bits per heavy atom. The first-order chi connectivity index (χ1) is 15.2. The van der Waals surface area contributed by atoms with Crippen LogP contribution in [0.3, 0.4) is 0 Å². The Morgan fingerprint density at radius 1 is 1.25 bits per heavy atom. The van der Waals surface area contributed by atoms with Gasteiger partial charge in [-0.2, -0.15) is 4.31 Å². The molecule has 2 N–H and O–H groups in total. The molecule has 2 heterocycles. The minimum absolute atomic E-state index is 0.00263. The van der Waals surface area contributed by atoms with Crippen molar-refractivity contribution in [1.29, 1.82) is 0 Å². The molecule has 4 amide bonds. The Balaban J connectivity index is 1.44. The number of nitrogens with one attached hydrogen (secondary N) is 2. The van der Waals surface area contributed by atoms with E-state index in [-0.39, 0.29) is 35.5 Å². The number of nitrogens with zero attached hydrogens (tertiary/aromatic N) is 2. The minimum atomic E-state index is -3.71. The molecule has 1 saturated carbocycles. The van der Waals surface area contributed by atoms with Crippen molar-refractivity contribution >= 4 is 33.6 Å². The molecule has 1 aliphatic carbocycles. The second-order valence-electron chi connectivity index (χ2n) is 8.53. The number of amides is 4. The number of sulfonamides is 1. The highest BCUT2D eigenvalue weighted by molar-refractivity contribution is 7.89. The van der Waals surface area contributed by atoms with Gasteiger partial charge in [0.2, 0.25) is 15.9 Å². The molecule has 11 heteroatoms. The van der Waals surface area contributed by atoms with Crippen molar-refractivity contribution in [2.24, 2.45) is 5.92 Å². The maximum atomic E-state index is 13.0. The zero-order valence-electron chi connectivity index (χ0n) is 18.0. The largest absolute Gasteiger partial charge is 0.379 e. The van der Waals surface area contributed by atoms with Gasteiger partial charge in [-0.05, 0) is 37.0 Å². The Kier molecular flexibility index (Phi) is 6.24. The summed E-state index contributed by atoms with van der Waals surface area (Å²) < 4.78 is 32.2. The highest BCUT2D eigenvalue weighted by Gasteiger charge is 2.55. The van der Waals surface area contributed by atoms with E-state index in [0.29, 0.717) is 19.6 Å². The van der Waals surface area contributed by atoms with Crippen LogP contribution in [0.2, 0.25) is 0 Å². The van der Waals surface area contributed by atoms with Crippen LogP contribution in [-0.2, 0) is 24.3 Å². The molecule has 1 spiro atoms. The highest BCUT2D eigenvalue weighted by atomic mass is 32.2. The van der Waals surface area contributed by atoms with Crippen molar-refractivity contribution in [2.75, 3.05) is 38.2 Å². The van der Waals surface area contributed by atoms with E-state index in [1.54, 1.807) is 6.07 Å². The average molecular weight is 465 g/mol. The summed E-state index contributed by atoms with van der Waals surface area (Å²) in [7, 11) is -3.71. The van der Waals surface area contributed by atoms with Crippen molar-refractivity contribution in [3.8, 4) is 0 Å². The third-order valence-electron chi connectivity index (χ3n) is 6.53. The summed E-state index contributed by atoms with van der Waals surface area (Å²) in [5.41, 5.74) is -0.654. The monoisotopic (exact) mass is 464 g/mol. The zero-order valence-corrected chi connectivity index (χ0v) is 18.8. The molecule has 1 aromatic carbocycles. The van der Waals surface area contributed by atoms with Crippen LogP contribution in [0.1, 0.15) is 32.6 Å². The summed E-state index contributed by atoms with van der Waals surface area (Å²) in [5.74, 6) is -0.939. The number of imide groups is 1. The maximum absolute atomic E-state index is 13.0. The van der Waals surface area contributed by atoms with Crippen LogP contribution >= 0.6 is 0 Å². The number of ether oxygens (including phenoxy) is 1. The van der Waals surface area contributed by atoms with E-state index >= 15 is 0 Å². The first kappa shape index (κ1) is 22.7. The predicted octanol–water partition coefficient (Wildman–Crippen LogP) is 1.15. The smallest absolute Gasteiger partial charge is 0.325 e. The van der Waals surface area contributed by atoms with E-state index < -0.39 is 34.0 Å². The molecule has 0 unspecified atom stereocenters. The minimum Gasteiger partial charge on any atom is -0.379 e. The summed E-state index contributed by atoms with van der Waals surface area (Å²) in [6.07, 6.45) is 3.27. The molecular formula is C21H28N4O6S. The summed E-state index contributed by atoms with van der Waals surface area (Å²) >= 11 is 0. The van der Waals surface area contributed by atoms with Crippen LogP contribution in [0.25, 0.3) is 0 Å². The molecule has 1 aromatic rings. The molecular weight excluding hydrogens is 436 g/mol. The third kappa shape index (κ3) is 4.12. The fourth-order valence-electron chi connectivity index (χ4n) is 4.65. The molecule has 174 valence electrons. The van der Waals surface area contributed by atoms with Gasteiger partial charge in [0, 0.05) is 18.8 Å². The van der Waals surface area contributed by atoms with Crippen molar-refractivity contribution in [3.63, 3.8) is 0 Å². The number of rotatable bonds is 5. The van der Waals surface area contributed by atoms with E-state index in [1.807, 2.05) is 6.92 Å². The summed E-state index contributed by atoms with van der Waals surface area (Å²) in [6.45, 7) is 2.72. The van der Waals surface area contributed by atoms with Crippen LogP contribution in [0.5, 0.6) is 0 Å². The number of morpholine rings is 1. The molecule has 10 nitrogen and oxygen atoms in total. The maximum Gasteiger partial charge on any atom is 0.325 e. The van der Waals surface area contributed by atoms with Gasteiger partial charge in [0.1, 0.15) is 12.1 Å². The fourth-order valence-corrected chi connectivity index (χ4v) is 6.11. The molecule has 3 fully saturated rings. The quantitative estimate of drug-likeness (QED) is 0.630. The lowest BCUT2D eigenvalue weighted by Gasteiger charge is -2.36. The predicted molar refractivity (Wildman–Crippen MR) is 115 cm³/mol. The first-order valence-electron chi connectivity index (χ1n) is 10.9. The van der Waals surface area contributed by atoms with Gasteiger partial charge in [0.25, 0.3) is 5.91 Å². The van der Waals surface area contributed by atoms with E-state index in [2.05, 4.69) is 10.6 Å². The topological polar surface area (TPSA) is 125 Å². The molecule has 0 aromatic heterocycles. The van der Waals surface area contributed by atoms with E-state index in [0.717, 1.165) is 24.2 Å². The molecule has 2 aliphatic heterocycles. The van der Waals surface area contributed by atoms with Crippen LogP contribution in [0, 0.1) is 5.92 Å². The van der Waals surface area contributed by atoms with Crippen LogP contribution < -0.4 is 10.6 Å². The number of urea groups is 1. The van der Waals surface area contributed by atoms with E-state index in [1.165, 1.54) is 22.5 Å². The lowest BCUT2D eigenvalue weighted by Crippen LogP contribution is -2.54. The Labute approximate surface area is 187 Å². The number of benzene rings is 1. The molecule has 4 rings (SSSR count). The van der Waals surface area contributed by atoms with Crippen molar-refractivity contribution in [2.45, 2.75) is 43.0 Å². The van der Waals surface area contributed by atoms with Crippen molar-refractivity contribution in [1.82, 2.24) is 14.5 Å². The van der Waals surface area contributed by atoms with Crippen LogP contribution in [0.4, 0.5) is 10.5 Å². The number of hydrogen-bond acceptors (Lipinski definition) is 6. The summed E-state index contributed by atoms with van der Waals surface area (Å²) in [6, 6.07) is 5.37. The van der Waals surface area contributed by atoms with Crippen LogP contribution in [0.15, 0.2) is 29.2 Å². The van der Waals surface area contributed by atoms with Gasteiger partial charge in [-0.3, -0.25) is 14.5 Å². The first-order valence-corrected chi connectivity index (χ1v) is 12.3. The van der Waals surface area contributed by atoms with Gasteiger partial charge in [0.15, 0.2) is 0 Å². The third-order valence-corrected chi connectivity index (χ3v) is 8.42. The molecule has 2 saturated heterocycles. The molecule has 32 heavy (non-hydrogen) atoms. The van der Waals surface area contributed by atoms with Gasteiger partial charge in [-0.15, -0.1) is 0 Å². The zero-order chi connectivity index (χ0) is 22.9. The Bertz CT molecular complexity index is 1020. The summed E-state index contributed by atoms with van der Waals surface area (Å²) in [5, 5.41) is 5.42. The molecule has 2 atom stereocenters. The van der Waals surface area contributed by atoms with E-state index in [4.69, 9.17) is 4.74 Å². The molecule has 3 aliphatic rings. The number of carbonyl (C=O) groups excluding carboxylic acids is 3. The van der Waals surface area contributed by atoms with E-state index in [9.17, 15) is 22.8 Å². The lowest BCUT2D eigenvalue weighted by atomic mass is 9.73. The van der Waals surface area contributed by atoms with Gasteiger partial charge in [-0.25, -0.2) is 13.2 Å². The normalized spacial score (nSPS) is 26.9. The molecule has 0 radical (unpaired) electrons. The fraction of sp³-hybridized carbons (Fsp3) is 0.571. The average Bonchev–Trinajstić information content (AvgIpc) is 3.01. The lowest BCUT2D eigenvalue weighted by molar-refractivity contribution is -0.136. The van der Waals surface area contributed by atoms with Gasteiger partial charge in [0.05, 0.1) is 18.1 Å². The second kappa shape index (κ2) is 8.80. The second-order valence-corrected chi connectivity index (χ2v) is 10.5. The van der Waals surface area contributed by atoms with Gasteiger partial charge < -0.3 is 15.4 Å². The number of anilines is 1. The van der Waals surface area contributed by atoms with Crippen molar-refractivity contribution in [3.05, 3.63) is 24.3 Å². The number of carbonyl (C=O) groups is 3. The van der Waals surface area contributed by atoms with Gasteiger partial charge >= 0.3 is 6.03 Å². The van der Waals surface area contributed by atoms with Crippen molar-refractivity contribution < 1.29 is 27.5 Å². The van der Waals surface area contributed by atoms with Crippen LogP contribution in [-0.4, -0.2) is 73.9 Å².